The highest BCUT2D eigenvalue weighted by Gasteiger charge is 2.16. The molecule has 0 spiro atoms. The fourth-order valence-corrected chi connectivity index (χ4v) is 7.56. The second-order valence-electron chi connectivity index (χ2n) is 17.6. The average molecular weight is 865 g/mol. The molecule has 0 aromatic carbocycles. The van der Waals surface area contributed by atoms with E-state index in [4.69, 9.17) is 9.47 Å². The molecule has 5 heteroatoms. The summed E-state index contributed by atoms with van der Waals surface area (Å²) in [6.45, 7) is 4.03. The van der Waals surface area contributed by atoms with E-state index in [1.165, 1.54) is 154 Å². The van der Waals surface area contributed by atoms with Crippen LogP contribution in [-0.2, 0) is 19.1 Å². The summed E-state index contributed by atoms with van der Waals surface area (Å²) < 4.78 is 10.6. The normalized spacial score (nSPS) is 12.8. The molecule has 0 saturated carbocycles. The molecule has 0 fully saturated rings. The third-order valence-electron chi connectivity index (χ3n) is 11.5. The zero-order valence-electron chi connectivity index (χ0n) is 40.9. The molecule has 0 amide bonds. The van der Waals surface area contributed by atoms with E-state index in [1.54, 1.807) is 0 Å². The Morgan fingerprint density at radius 2 is 0.694 bits per heavy atom. The minimum Gasteiger partial charge on any atom is -0.462 e. The number of allylic oxidation sites excluding steroid dienone is 12. The molecule has 0 aliphatic carbocycles. The van der Waals surface area contributed by atoms with Crippen molar-refractivity contribution in [2.24, 2.45) is 0 Å². The van der Waals surface area contributed by atoms with Gasteiger partial charge in [-0.1, -0.05) is 254 Å². The Kier molecular flexibility index (Phi) is 50.4. The largest absolute Gasteiger partial charge is 0.462 e. The lowest BCUT2D eigenvalue weighted by Gasteiger charge is -2.15. The summed E-state index contributed by atoms with van der Waals surface area (Å²) in [5, 5.41) is 9.59. The Morgan fingerprint density at radius 3 is 1.05 bits per heavy atom. The molecule has 0 radical (unpaired) electrons. The molecule has 1 N–H and O–H groups in total. The molecular weight excluding hydrogens is 765 g/mol. The summed E-state index contributed by atoms with van der Waals surface area (Å²) in [5.41, 5.74) is 0. The third-order valence-corrected chi connectivity index (χ3v) is 11.5. The number of aliphatic hydroxyl groups excluding tert-OH is 1. The zero-order chi connectivity index (χ0) is 44.9. The molecule has 0 bridgehead atoms. The number of carbonyl (C=O) groups excluding carboxylic acids is 2. The number of rotatable bonds is 48. The minimum absolute atomic E-state index is 0.0627. The molecule has 0 heterocycles. The van der Waals surface area contributed by atoms with Crippen molar-refractivity contribution in [3.8, 4) is 0 Å². The average Bonchev–Trinajstić information content (AvgIpc) is 3.28. The first-order valence-corrected chi connectivity index (χ1v) is 26.5. The lowest BCUT2D eigenvalue weighted by atomic mass is 10.0. The second-order valence-corrected chi connectivity index (χ2v) is 17.6. The first-order chi connectivity index (χ1) is 30.6. The van der Waals surface area contributed by atoms with Crippen molar-refractivity contribution < 1.29 is 24.2 Å². The smallest absolute Gasteiger partial charge is 0.306 e. The fraction of sp³-hybridized carbons (Fsp3) is 0.754. The predicted molar refractivity (Wildman–Crippen MR) is 270 cm³/mol. The summed E-state index contributed by atoms with van der Waals surface area (Å²) in [4.78, 5) is 24.3. The lowest BCUT2D eigenvalue weighted by Crippen LogP contribution is -2.28. The quantitative estimate of drug-likeness (QED) is 0.0375. The number of carbonyl (C=O) groups is 2. The van der Waals surface area contributed by atoms with E-state index in [-0.39, 0.29) is 25.2 Å². The maximum absolute atomic E-state index is 12.2. The first-order valence-electron chi connectivity index (χ1n) is 26.5. The van der Waals surface area contributed by atoms with Crippen LogP contribution < -0.4 is 0 Å². The van der Waals surface area contributed by atoms with Gasteiger partial charge in [-0.25, -0.2) is 0 Å². The van der Waals surface area contributed by atoms with Crippen molar-refractivity contribution in [3.63, 3.8) is 0 Å². The Balaban J connectivity index is 3.44. The maximum Gasteiger partial charge on any atom is 0.306 e. The van der Waals surface area contributed by atoms with Crippen LogP contribution in [0.4, 0.5) is 0 Å². The van der Waals surface area contributed by atoms with E-state index in [2.05, 4.69) is 86.8 Å². The fourth-order valence-electron chi connectivity index (χ4n) is 7.56. The molecule has 0 aliphatic rings. The molecular formula is C57H100O5. The number of esters is 2. The van der Waals surface area contributed by atoms with Gasteiger partial charge in [-0.2, -0.15) is 0 Å². The van der Waals surface area contributed by atoms with Gasteiger partial charge in [-0.15, -0.1) is 0 Å². The number of ether oxygens (including phenoxy) is 2. The molecule has 62 heavy (non-hydrogen) atoms. The van der Waals surface area contributed by atoms with Gasteiger partial charge in [-0.05, 0) is 64.2 Å². The summed E-state index contributed by atoms with van der Waals surface area (Å²) >= 11 is 0. The van der Waals surface area contributed by atoms with Gasteiger partial charge in [0.25, 0.3) is 0 Å². The van der Waals surface area contributed by atoms with Crippen molar-refractivity contribution in [2.45, 2.75) is 264 Å². The van der Waals surface area contributed by atoms with Crippen molar-refractivity contribution in [1.29, 1.82) is 0 Å². The molecule has 0 rings (SSSR count). The van der Waals surface area contributed by atoms with Crippen LogP contribution in [0.2, 0.25) is 0 Å². The minimum atomic E-state index is -0.769. The molecule has 0 aromatic rings. The van der Waals surface area contributed by atoms with Crippen LogP contribution in [0.1, 0.15) is 258 Å². The number of hydrogen-bond acceptors (Lipinski definition) is 5. The summed E-state index contributed by atoms with van der Waals surface area (Å²) in [7, 11) is 0. The second kappa shape index (κ2) is 52.7. The van der Waals surface area contributed by atoms with Gasteiger partial charge in [0.2, 0.25) is 0 Å². The van der Waals surface area contributed by atoms with E-state index < -0.39 is 6.10 Å². The van der Waals surface area contributed by atoms with E-state index in [0.717, 1.165) is 77.0 Å². The highest BCUT2D eigenvalue weighted by Crippen LogP contribution is 2.16. The van der Waals surface area contributed by atoms with Gasteiger partial charge in [0.1, 0.15) is 6.61 Å². The standard InChI is InChI=1S/C57H100O5/c1-3-5-7-9-11-13-15-16-17-18-19-20-21-22-23-24-25-26-27-28-29-30-31-32-33-34-35-36-37-38-39-40-42-44-46-48-50-52-57(60)62-55(53-58)54-61-56(59)51-49-47-45-43-41-14-12-10-8-6-4-2/h5,7,11,13,16-17,19-20,22-23,25-26,55,58H,3-4,6,8-10,12,14-15,18,21,24,27-54H2,1-2H3/b7-5-,13-11-,17-16-,20-19-,23-22-,26-25-. The van der Waals surface area contributed by atoms with Gasteiger partial charge in [0.05, 0.1) is 6.61 Å². The highest BCUT2D eigenvalue weighted by atomic mass is 16.6. The summed E-state index contributed by atoms with van der Waals surface area (Å²) in [6, 6.07) is 0. The van der Waals surface area contributed by atoms with E-state index >= 15 is 0 Å². The van der Waals surface area contributed by atoms with Gasteiger partial charge in [-0.3, -0.25) is 9.59 Å². The molecule has 0 saturated heterocycles. The van der Waals surface area contributed by atoms with Gasteiger partial charge >= 0.3 is 11.9 Å². The van der Waals surface area contributed by atoms with Gasteiger partial charge in [0, 0.05) is 12.8 Å². The van der Waals surface area contributed by atoms with E-state index in [1.807, 2.05) is 0 Å². The monoisotopic (exact) mass is 865 g/mol. The number of aliphatic hydroxyl groups is 1. The van der Waals surface area contributed by atoms with Crippen molar-refractivity contribution >= 4 is 11.9 Å². The topological polar surface area (TPSA) is 72.8 Å². The number of hydrogen-bond donors (Lipinski definition) is 1. The maximum atomic E-state index is 12.2. The van der Waals surface area contributed by atoms with E-state index in [9.17, 15) is 14.7 Å². The Morgan fingerprint density at radius 1 is 0.387 bits per heavy atom. The number of unbranched alkanes of at least 4 members (excludes halogenated alkanes) is 28. The van der Waals surface area contributed by atoms with Gasteiger partial charge < -0.3 is 14.6 Å². The van der Waals surface area contributed by atoms with Crippen LogP contribution in [0.5, 0.6) is 0 Å². The predicted octanol–water partition coefficient (Wildman–Crippen LogP) is 17.6. The Bertz CT molecular complexity index is 1110. The third kappa shape index (κ3) is 50.0. The van der Waals surface area contributed by atoms with E-state index in [0.29, 0.717) is 12.8 Å². The highest BCUT2D eigenvalue weighted by molar-refractivity contribution is 5.70. The van der Waals surface area contributed by atoms with Crippen LogP contribution in [0.3, 0.4) is 0 Å². The van der Waals surface area contributed by atoms with Crippen LogP contribution in [0.25, 0.3) is 0 Å². The summed E-state index contributed by atoms with van der Waals surface area (Å²) in [6.07, 6.45) is 71.6. The van der Waals surface area contributed by atoms with Crippen LogP contribution in [0.15, 0.2) is 72.9 Å². The van der Waals surface area contributed by atoms with Crippen LogP contribution in [-0.4, -0.2) is 36.4 Å². The molecule has 1 atom stereocenters. The zero-order valence-corrected chi connectivity index (χ0v) is 40.9. The van der Waals surface area contributed by atoms with Crippen LogP contribution >= 0.6 is 0 Å². The van der Waals surface area contributed by atoms with Crippen molar-refractivity contribution in [2.75, 3.05) is 13.2 Å². The molecule has 1 unspecified atom stereocenters. The Hall–Kier alpha value is -2.66. The first kappa shape index (κ1) is 59.3. The van der Waals surface area contributed by atoms with Crippen molar-refractivity contribution in [1.82, 2.24) is 0 Å². The SMILES string of the molecule is CC/C=C\C/C=C\C/C=C\C/C=C\C/C=C\C/C=C\CCCCCCCCCCCCCCCCCCCCC(=O)OC(CO)COC(=O)CCCCCCCCCCCCC. The van der Waals surface area contributed by atoms with Crippen molar-refractivity contribution in [3.05, 3.63) is 72.9 Å². The van der Waals surface area contributed by atoms with Gasteiger partial charge in [0.15, 0.2) is 6.10 Å². The summed E-state index contributed by atoms with van der Waals surface area (Å²) in [5.74, 6) is -0.583. The lowest BCUT2D eigenvalue weighted by molar-refractivity contribution is -0.161. The van der Waals surface area contributed by atoms with Crippen LogP contribution in [0, 0.1) is 0 Å². The molecule has 358 valence electrons. The molecule has 0 aliphatic heterocycles. The molecule has 5 nitrogen and oxygen atoms in total. The molecule has 0 aromatic heterocycles. The Labute approximate surface area is 384 Å².